The predicted molar refractivity (Wildman–Crippen MR) is 168 cm³/mol. The van der Waals surface area contributed by atoms with E-state index in [0.717, 1.165) is 16.7 Å². The number of carbonyl (C=O) groups is 3. The van der Waals surface area contributed by atoms with Crippen molar-refractivity contribution in [1.82, 2.24) is 25.5 Å². The monoisotopic (exact) mass is 717 g/mol. The first-order chi connectivity index (χ1) is 23.7. The highest BCUT2D eigenvalue weighted by molar-refractivity contribution is 6.30. The standard InChI is InChI=1S/C30H26ClN5O7.C2HF3O2/c1-17-27(43-30(40)42-17)16-41-29(39)26(37)13-22(11-18-5-7-19(8-6-18)20-3-2-4-21(31)12-20)34-28(38)24-14-23(35-36-24)25-15-32-9-10-33-25;3-2(4,5)1(6)7/h2-10,12,14-15,22,26,37H,11,13,16H2,1H3,(H,34,38)(H,35,36);(H,6,7)/t22-,26-;/m0./s1. The Kier molecular flexibility index (Phi) is 12.2. The highest BCUT2D eigenvalue weighted by atomic mass is 35.5. The number of hydrogen-bond donors (Lipinski definition) is 4. The molecule has 0 aliphatic heterocycles. The lowest BCUT2D eigenvalue weighted by Gasteiger charge is -2.21. The van der Waals surface area contributed by atoms with Gasteiger partial charge in [0.15, 0.2) is 24.2 Å². The summed E-state index contributed by atoms with van der Waals surface area (Å²) in [5.74, 6) is -4.93. The number of aromatic nitrogens is 4. The topological polar surface area (TPSA) is 211 Å². The number of esters is 1. The number of nitrogens with zero attached hydrogens (tertiary/aromatic N) is 3. The quantitative estimate of drug-likeness (QED) is 0.139. The van der Waals surface area contributed by atoms with Crippen molar-refractivity contribution in [3.8, 4) is 22.5 Å². The van der Waals surface area contributed by atoms with Gasteiger partial charge in [-0.3, -0.25) is 19.9 Å². The summed E-state index contributed by atoms with van der Waals surface area (Å²) >= 11 is 6.13. The maximum absolute atomic E-state index is 13.2. The van der Waals surface area contributed by atoms with E-state index in [-0.39, 0.29) is 30.1 Å². The first kappa shape index (κ1) is 37.0. The van der Waals surface area contributed by atoms with Crippen LogP contribution in [0.1, 0.15) is 34.0 Å². The van der Waals surface area contributed by atoms with E-state index in [2.05, 4.69) is 25.5 Å². The summed E-state index contributed by atoms with van der Waals surface area (Å²) in [6.45, 7) is 1.09. The molecule has 0 aliphatic carbocycles. The van der Waals surface area contributed by atoms with Gasteiger partial charge in [0.2, 0.25) is 0 Å². The predicted octanol–water partition coefficient (Wildman–Crippen LogP) is 4.51. The third kappa shape index (κ3) is 10.6. The number of aliphatic hydroxyl groups is 1. The molecule has 0 aliphatic rings. The maximum Gasteiger partial charge on any atom is 0.519 e. The number of amides is 1. The fourth-order valence-corrected chi connectivity index (χ4v) is 4.54. The number of halogens is 4. The number of rotatable bonds is 11. The lowest BCUT2D eigenvalue weighted by molar-refractivity contribution is -0.192. The zero-order valence-electron chi connectivity index (χ0n) is 25.8. The van der Waals surface area contributed by atoms with Crippen molar-refractivity contribution in [2.24, 2.45) is 0 Å². The Morgan fingerprint density at radius 1 is 1.04 bits per heavy atom. The van der Waals surface area contributed by atoms with Crippen LogP contribution < -0.4 is 11.1 Å². The number of aryl methyl sites for hydroxylation is 1. The number of aromatic amines is 1. The van der Waals surface area contributed by atoms with Crippen LogP contribution >= 0.6 is 11.6 Å². The van der Waals surface area contributed by atoms with Crippen molar-refractivity contribution < 1.29 is 51.3 Å². The van der Waals surface area contributed by atoms with Gasteiger partial charge in [-0.2, -0.15) is 18.3 Å². The van der Waals surface area contributed by atoms with Crippen molar-refractivity contribution in [2.75, 3.05) is 0 Å². The first-order valence-corrected chi connectivity index (χ1v) is 14.8. The molecule has 5 rings (SSSR count). The number of hydrogen-bond acceptors (Lipinski definition) is 11. The van der Waals surface area contributed by atoms with E-state index in [1.807, 2.05) is 42.5 Å². The lowest BCUT2D eigenvalue weighted by atomic mass is 9.97. The number of nitrogens with one attached hydrogen (secondary N) is 2. The Morgan fingerprint density at radius 3 is 2.36 bits per heavy atom. The second-order valence-electron chi connectivity index (χ2n) is 10.4. The minimum atomic E-state index is -5.08. The second kappa shape index (κ2) is 16.5. The van der Waals surface area contributed by atoms with Crippen molar-refractivity contribution in [3.05, 3.63) is 112 Å². The summed E-state index contributed by atoms with van der Waals surface area (Å²) in [6, 6.07) is 15.9. The molecule has 262 valence electrons. The summed E-state index contributed by atoms with van der Waals surface area (Å²) in [7, 11) is 0. The van der Waals surface area contributed by atoms with Crippen LogP contribution in [0.3, 0.4) is 0 Å². The highest BCUT2D eigenvalue weighted by Crippen LogP contribution is 2.24. The van der Waals surface area contributed by atoms with Crippen LogP contribution in [-0.4, -0.2) is 66.5 Å². The zero-order valence-corrected chi connectivity index (χ0v) is 26.6. The molecule has 0 saturated heterocycles. The SMILES string of the molecule is Cc1oc(=O)oc1COC(=O)[C@@H](O)C[C@H](Cc1ccc(-c2cccc(Cl)c2)cc1)NC(=O)c1cc(-c2cnccn2)n[nH]1.O=C(O)C(F)(F)F. The van der Waals surface area contributed by atoms with E-state index in [9.17, 15) is 32.7 Å². The van der Waals surface area contributed by atoms with Gasteiger partial charge in [-0.25, -0.2) is 14.4 Å². The number of H-pyrrole nitrogens is 1. The van der Waals surface area contributed by atoms with E-state index in [1.54, 1.807) is 6.07 Å². The number of carbonyl (C=O) groups excluding carboxylic acids is 2. The largest absolute Gasteiger partial charge is 0.519 e. The Bertz CT molecular complexity index is 1980. The fraction of sp³-hybridized carbons (Fsp3) is 0.219. The highest BCUT2D eigenvalue weighted by Gasteiger charge is 2.38. The fourth-order valence-electron chi connectivity index (χ4n) is 4.35. The van der Waals surface area contributed by atoms with Crippen LogP contribution in [0.25, 0.3) is 22.5 Å². The number of ether oxygens (including phenoxy) is 1. The van der Waals surface area contributed by atoms with Crippen molar-refractivity contribution in [3.63, 3.8) is 0 Å². The molecule has 2 atom stereocenters. The number of carboxylic acid groups (broad SMARTS) is 1. The third-order valence-electron chi connectivity index (χ3n) is 6.78. The molecule has 1 amide bonds. The molecule has 0 bridgehead atoms. The van der Waals surface area contributed by atoms with Gasteiger partial charge in [0, 0.05) is 29.9 Å². The van der Waals surface area contributed by atoms with Gasteiger partial charge in [-0.15, -0.1) is 0 Å². The number of alkyl halides is 3. The summed E-state index contributed by atoms with van der Waals surface area (Å²) < 4.78 is 46.4. The molecule has 2 aromatic carbocycles. The average molecular weight is 718 g/mol. The van der Waals surface area contributed by atoms with E-state index in [4.69, 9.17) is 35.1 Å². The van der Waals surface area contributed by atoms with Crippen molar-refractivity contribution >= 4 is 29.4 Å². The molecule has 0 saturated carbocycles. The van der Waals surface area contributed by atoms with Gasteiger partial charge < -0.3 is 29.1 Å². The molecule has 0 radical (unpaired) electrons. The summed E-state index contributed by atoms with van der Waals surface area (Å²) in [4.78, 5) is 54.1. The summed E-state index contributed by atoms with van der Waals surface area (Å²) in [6.07, 6.45) is -2.00. The Morgan fingerprint density at radius 2 is 1.76 bits per heavy atom. The average Bonchev–Trinajstić information content (AvgIpc) is 3.70. The molecule has 50 heavy (non-hydrogen) atoms. The molecule has 0 unspecified atom stereocenters. The molecule has 0 spiro atoms. The van der Waals surface area contributed by atoms with Crippen LogP contribution in [0.15, 0.2) is 86.8 Å². The first-order valence-electron chi connectivity index (χ1n) is 14.4. The molecule has 3 heterocycles. The van der Waals surface area contributed by atoms with Crippen LogP contribution in [0.5, 0.6) is 0 Å². The third-order valence-corrected chi connectivity index (χ3v) is 7.02. The van der Waals surface area contributed by atoms with E-state index >= 15 is 0 Å². The second-order valence-corrected chi connectivity index (χ2v) is 10.9. The smallest absolute Gasteiger partial charge is 0.475 e. The van der Waals surface area contributed by atoms with Gasteiger partial charge in [-0.1, -0.05) is 48.0 Å². The Hall–Kier alpha value is -5.81. The Balaban J connectivity index is 0.000000727. The lowest BCUT2D eigenvalue weighted by Crippen LogP contribution is -2.41. The van der Waals surface area contributed by atoms with E-state index in [1.165, 1.54) is 31.6 Å². The minimum Gasteiger partial charge on any atom is -0.475 e. The van der Waals surface area contributed by atoms with Gasteiger partial charge in [0.1, 0.15) is 17.1 Å². The maximum atomic E-state index is 13.2. The van der Waals surface area contributed by atoms with Gasteiger partial charge >= 0.3 is 23.9 Å². The number of aliphatic hydroxyl groups excluding tert-OH is 1. The van der Waals surface area contributed by atoms with E-state index in [0.29, 0.717) is 16.4 Å². The molecular formula is C32H27ClF3N5O9. The van der Waals surface area contributed by atoms with Gasteiger partial charge in [-0.05, 0) is 48.2 Å². The summed E-state index contributed by atoms with van der Waals surface area (Å²) in [5.41, 5.74) is 3.81. The number of carboxylic acids is 1. The summed E-state index contributed by atoms with van der Waals surface area (Å²) in [5, 5.41) is 28.1. The van der Waals surface area contributed by atoms with Gasteiger partial charge in [0.05, 0.1) is 6.20 Å². The van der Waals surface area contributed by atoms with Crippen molar-refractivity contribution in [2.45, 2.75) is 44.7 Å². The van der Waals surface area contributed by atoms with Gasteiger partial charge in [0.25, 0.3) is 5.91 Å². The molecule has 3 aromatic heterocycles. The number of aliphatic carboxylic acids is 1. The molecule has 4 N–H and O–H groups in total. The van der Waals surface area contributed by atoms with Crippen molar-refractivity contribution in [1.29, 1.82) is 0 Å². The number of benzene rings is 2. The van der Waals surface area contributed by atoms with Crippen LogP contribution in [0.2, 0.25) is 5.02 Å². The molecule has 5 aromatic rings. The van der Waals surface area contributed by atoms with Crippen LogP contribution in [0.4, 0.5) is 13.2 Å². The minimum absolute atomic E-state index is 0.0355. The molecular weight excluding hydrogens is 691 g/mol. The normalized spacial score (nSPS) is 12.3. The zero-order chi connectivity index (χ0) is 36.4. The Labute approximate surface area is 284 Å². The molecule has 14 nitrogen and oxygen atoms in total. The molecule has 0 fully saturated rings. The van der Waals surface area contributed by atoms with Crippen LogP contribution in [0, 0.1) is 6.92 Å². The molecule has 18 heteroatoms. The van der Waals surface area contributed by atoms with Crippen LogP contribution in [-0.2, 0) is 27.4 Å². The van der Waals surface area contributed by atoms with E-state index < -0.39 is 48.6 Å².